The molecule has 3 aromatic rings. The fourth-order valence-corrected chi connectivity index (χ4v) is 2.40. The van der Waals surface area contributed by atoms with E-state index in [1.807, 2.05) is 18.2 Å². The molecule has 1 N–H and O–H groups in total. The molecule has 0 aliphatic carbocycles. The highest BCUT2D eigenvalue weighted by Crippen LogP contribution is 2.29. The molecule has 102 valence electrons. The highest BCUT2D eigenvalue weighted by atomic mass is 35.5. The molecule has 0 spiro atoms. The Morgan fingerprint density at radius 1 is 1.15 bits per heavy atom. The number of halogens is 2. The lowest BCUT2D eigenvalue weighted by molar-refractivity contribution is 0.152. The molecule has 1 heterocycles. The van der Waals surface area contributed by atoms with Crippen molar-refractivity contribution in [2.24, 2.45) is 0 Å². The molecule has 2 aromatic carbocycles. The first kappa shape index (κ1) is 13.2. The fraction of sp³-hybridized carbons (Fsp3) is 0.125. The van der Waals surface area contributed by atoms with Crippen LogP contribution in [0.15, 0.2) is 52.9 Å². The van der Waals surface area contributed by atoms with Crippen LogP contribution in [0, 0.1) is 5.82 Å². The first-order valence-corrected chi connectivity index (χ1v) is 6.62. The number of rotatable bonds is 3. The SMILES string of the molecule is OC(Cc1ccccc1Cl)c1cc2cccc(F)c2o1. The highest BCUT2D eigenvalue weighted by Gasteiger charge is 2.16. The number of benzene rings is 2. The van der Waals surface area contributed by atoms with E-state index in [1.165, 1.54) is 6.07 Å². The largest absolute Gasteiger partial charge is 0.455 e. The molecule has 0 amide bonds. The smallest absolute Gasteiger partial charge is 0.170 e. The average Bonchev–Trinajstić information content (AvgIpc) is 2.87. The number of hydrogen-bond donors (Lipinski definition) is 1. The van der Waals surface area contributed by atoms with Gasteiger partial charge in [-0.15, -0.1) is 0 Å². The van der Waals surface area contributed by atoms with Gasteiger partial charge < -0.3 is 9.52 Å². The number of aliphatic hydroxyl groups excluding tert-OH is 1. The first-order chi connectivity index (χ1) is 9.65. The second kappa shape index (κ2) is 5.27. The highest BCUT2D eigenvalue weighted by molar-refractivity contribution is 6.31. The first-order valence-electron chi connectivity index (χ1n) is 6.24. The molecule has 3 rings (SSSR count). The fourth-order valence-electron chi connectivity index (χ4n) is 2.18. The van der Waals surface area contributed by atoms with Crippen LogP contribution in [0.3, 0.4) is 0 Å². The number of aliphatic hydroxyl groups is 1. The second-order valence-electron chi connectivity index (χ2n) is 4.62. The Kier molecular flexibility index (Phi) is 3.47. The van der Waals surface area contributed by atoms with Gasteiger partial charge in [-0.05, 0) is 23.8 Å². The minimum Gasteiger partial charge on any atom is -0.455 e. The molecule has 2 nitrogen and oxygen atoms in total. The molecule has 0 fully saturated rings. The summed E-state index contributed by atoms with van der Waals surface area (Å²) >= 11 is 6.06. The normalized spacial score (nSPS) is 12.8. The quantitative estimate of drug-likeness (QED) is 0.770. The van der Waals surface area contributed by atoms with Gasteiger partial charge in [-0.3, -0.25) is 0 Å². The van der Waals surface area contributed by atoms with Crippen LogP contribution in [-0.2, 0) is 6.42 Å². The zero-order valence-electron chi connectivity index (χ0n) is 10.5. The Hall–Kier alpha value is -1.84. The van der Waals surface area contributed by atoms with Gasteiger partial charge in [0, 0.05) is 16.8 Å². The van der Waals surface area contributed by atoms with Crippen LogP contribution in [0.2, 0.25) is 5.02 Å². The lowest BCUT2D eigenvalue weighted by atomic mass is 10.1. The van der Waals surface area contributed by atoms with Crippen molar-refractivity contribution in [2.45, 2.75) is 12.5 Å². The van der Waals surface area contributed by atoms with Gasteiger partial charge >= 0.3 is 0 Å². The van der Waals surface area contributed by atoms with E-state index < -0.39 is 11.9 Å². The summed E-state index contributed by atoms with van der Waals surface area (Å²) in [5.74, 6) is -0.0938. The third-order valence-electron chi connectivity index (χ3n) is 3.21. The van der Waals surface area contributed by atoms with Crippen LogP contribution >= 0.6 is 11.6 Å². The lowest BCUT2D eigenvalue weighted by Gasteiger charge is -2.08. The number of hydrogen-bond acceptors (Lipinski definition) is 2. The van der Waals surface area contributed by atoms with E-state index in [1.54, 1.807) is 24.3 Å². The zero-order chi connectivity index (χ0) is 14.1. The topological polar surface area (TPSA) is 33.4 Å². The summed E-state index contributed by atoms with van der Waals surface area (Å²) < 4.78 is 19.0. The van der Waals surface area contributed by atoms with Gasteiger partial charge in [-0.1, -0.05) is 41.9 Å². The molecule has 20 heavy (non-hydrogen) atoms. The molecular weight excluding hydrogens is 279 g/mol. The molecule has 0 aliphatic rings. The van der Waals surface area contributed by atoms with E-state index >= 15 is 0 Å². The molecule has 0 saturated heterocycles. The van der Waals surface area contributed by atoms with Crippen molar-refractivity contribution >= 4 is 22.6 Å². The van der Waals surface area contributed by atoms with Crippen molar-refractivity contribution in [3.05, 3.63) is 70.7 Å². The maximum atomic E-state index is 13.6. The summed E-state index contributed by atoms with van der Waals surface area (Å²) in [7, 11) is 0. The van der Waals surface area contributed by atoms with Gasteiger partial charge in [0.05, 0.1) is 0 Å². The van der Waals surface area contributed by atoms with Gasteiger partial charge in [0.2, 0.25) is 0 Å². The van der Waals surface area contributed by atoms with E-state index in [9.17, 15) is 9.50 Å². The van der Waals surface area contributed by atoms with Crippen molar-refractivity contribution < 1.29 is 13.9 Å². The van der Waals surface area contributed by atoms with Crippen LogP contribution in [0.5, 0.6) is 0 Å². The monoisotopic (exact) mass is 290 g/mol. The predicted molar refractivity (Wildman–Crippen MR) is 76.3 cm³/mol. The summed E-state index contributed by atoms with van der Waals surface area (Å²) in [6.45, 7) is 0. The maximum absolute atomic E-state index is 13.6. The minimum absolute atomic E-state index is 0.167. The predicted octanol–water partition coefficient (Wildman–Crippen LogP) is 4.50. The summed E-state index contributed by atoms with van der Waals surface area (Å²) in [5.41, 5.74) is 0.989. The standard InChI is InChI=1S/C16H12ClFO2/c17-12-6-2-1-4-10(12)8-14(19)15-9-11-5-3-7-13(18)16(11)20-15/h1-7,9,14,19H,8H2. The molecule has 0 saturated carbocycles. The van der Waals surface area contributed by atoms with Crippen LogP contribution in [0.25, 0.3) is 11.0 Å². The summed E-state index contributed by atoms with van der Waals surface area (Å²) in [6.07, 6.45) is -0.539. The maximum Gasteiger partial charge on any atom is 0.170 e. The Morgan fingerprint density at radius 2 is 1.95 bits per heavy atom. The average molecular weight is 291 g/mol. The van der Waals surface area contributed by atoms with Crippen molar-refractivity contribution in [3.63, 3.8) is 0 Å². The van der Waals surface area contributed by atoms with Gasteiger partial charge in [0.1, 0.15) is 11.9 Å². The van der Waals surface area contributed by atoms with Crippen LogP contribution in [0.4, 0.5) is 4.39 Å². The zero-order valence-corrected chi connectivity index (χ0v) is 11.3. The molecule has 4 heteroatoms. The van der Waals surface area contributed by atoms with E-state index in [0.717, 1.165) is 5.56 Å². The minimum atomic E-state index is -0.860. The lowest BCUT2D eigenvalue weighted by Crippen LogP contribution is -2.00. The molecule has 0 radical (unpaired) electrons. The van der Waals surface area contributed by atoms with Crippen molar-refractivity contribution in [1.82, 2.24) is 0 Å². The van der Waals surface area contributed by atoms with Gasteiger partial charge in [0.15, 0.2) is 11.4 Å². The van der Waals surface area contributed by atoms with E-state index in [-0.39, 0.29) is 5.58 Å². The number of para-hydroxylation sites is 1. The summed E-state index contributed by atoms with van der Waals surface area (Å²) in [5, 5.41) is 11.4. The van der Waals surface area contributed by atoms with Gasteiger partial charge in [-0.25, -0.2) is 4.39 Å². The third kappa shape index (κ3) is 2.42. The summed E-state index contributed by atoms with van der Waals surface area (Å²) in [6, 6.07) is 13.6. The van der Waals surface area contributed by atoms with Gasteiger partial charge in [-0.2, -0.15) is 0 Å². The molecule has 0 aliphatic heterocycles. The molecular formula is C16H12ClFO2. The number of fused-ring (bicyclic) bond motifs is 1. The Bertz CT molecular complexity index is 751. The van der Waals surface area contributed by atoms with Crippen molar-refractivity contribution in [2.75, 3.05) is 0 Å². The van der Waals surface area contributed by atoms with E-state index in [4.69, 9.17) is 16.0 Å². The van der Waals surface area contributed by atoms with Crippen LogP contribution < -0.4 is 0 Å². The van der Waals surface area contributed by atoms with Gasteiger partial charge in [0.25, 0.3) is 0 Å². The van der Waals surface area contributed by atoms with E-state index in [0.29, 0.717) is 22.6 Å². The molecule has 0 bridgehead atoms. The molecule has 1 unspecified atom stereocenters. The Labute approximate surface area is 120 Å². The van der Waals surface area contributed by atoms with E-state index in [2.05, 4.69) is 0 Å². The Balaban J connectivity index is 1.91. The molecule has 1 aromatic heterocycles. The third-order valence-corrected chi connectivity index (χ3v) is 3.58. The van der Waals surface area contributed by atoms with Crippen LogP contribution in [-0.4, -0.2) is 5.11 Å². The second-order valence-corrected chi connectivity index (χ2v) is 5.03. The Morgan fingerprint density at radius 3 is 2.70 bits per heavy atom. The van der Waals surface area contributed by atoms with Crippen molar-refractivity contribution in [1.29, 1.82) is 0 Å². The number of furan rings is 1. The van der Waals surface area contributed by atoms with Crippen molar-refractivity contribution in [3.8, 4) is 0 Å². The summed E-state index contributed by atoms with van der Waals surface area (Å²) in [4.78, 5) is 0. The van der Waals surface area contributed by atoms with Crippen LogP contribution in [0.1, 0.15) is 17.4 Å². The molecule has 1 atom stereocenters.